The number of nitrogens with zero attached hydrogens (tertiary/aromatic N) is 2. The van der Waals surface area contributed by atoms with E-state index < -0.39 is 0 Å². The van der Waals surface area contributed by atoms with Crippen molar-refractivity contribution in [2.75, 3.05) is 0 Å². The van der Waals surface area contributed by atoms with Crippen LogP contribution in [-0.2, 0) is 4.79 Å². The molecule has 2 aromatic rings. The van der Waals surface area contributed by atoms with Gasteiger partial charge in [-0.3, -0.25) is 9.78 Å². The Labute approximate surface area is 129 Å². The number of para-hydroxylation sites is 2. The summed E-state index contributed by atoms with van der Waals surface area (Å²) in [5, 5.41) is 12.4. The topological polar surface area (TPSA) is 75.1 Å². The minimum atomic E-state index is -0.212. The Morgan fingerprint density at radius 2 is 1.91 bits per heavy atom. The number of aromatic nitrogens is 2. The Hall–Kier alpha value is -2.27. The first kappa shape index (κ1) is 14.7. The Bertz CT molecular complexity index is 691. The Kier molecular flexibility index (Phi) is 4.44. The summed E-state index contributed by atoms with van der Waals surface area (Å²) >= 11 is 0. The first-order chi connectivity index (χ1) is 10.7. The molecule has 1 fully saturated rings. The predicted octanol–water partition coefficient (Wildman–Crippen LogP) is 2.06. The van der Waals surface area contributed by atoms with E-state index in [9.17, 15) is 9.90 Å². The molecule has 0 radical (unpaired) electrons. The number of aliphatic hydroxyl groups excluding tert-OH is 1. The third-order valence-corrected chi connectivity index (χ3v) is 3.92. The summed E-state index contributed by atoms with van der Waals surface area (Å²) in [6.07, 6.45) is 7.78. The van der Waals surface area contributed by atoms with Crippen LogP contribution in [0.4, 0.5) is 0 Å². The molecule has 0 bridgehead atoms. The maximum atomic E-state index is 11.9. The summed E-state index contributed by atoms with van der Waals surface area (Å²) in [5.74, 6) is -0.128. The number of aliphatic hydroxyl groups is 1. The molecule has 5 heteroatoms. The summed E-state index contributed by atoms with van der Waals surface area (Å²) in [6.45, 7) is 0. The summed E-state index contributed by atoms with van der Waals surface area (Å²) in [4.78, 5) is 20.7. The van der Waals surface area contributed by atoms with Crippen LogP contribution in [0.25, 0.3) is 17.1 Å². The quantitative estimate of drug-likeness (QED) is 0.850. The van der Waals surface area contributed by atoms with E-state index in [1.165, 1.54) is 6.08 Å². The zero-order valence-electron chi connectivity index (χ0n) is 12.3. The van der Waals surface area contributed by atoms with Crippen LogP contribution in [0.3, 0.4) is 0 Å². The maximum absolute atomic E-state index is 11.9. The largest absolute Gasteiger partial charge is 0.393 e. The predicted molar refractivity (Wildman–Crippen MR) is 85.0 cm³/mol. The van der Waals surface area contributed by atoms with E-state index in [1.807, 2.05) is 24.3 Å². The normalized spacial score (nSPS) is 22.0. The van der Waals surface area contributed by atoms with Crippen LogP contribution in [0.1, 0.15) is 31.4 Å². The maximum Gasteiger partial charge on any atom is 0.244 e. The van der Waals surface area contributed by atoms with Crippen molar-refractivity contribution in [3.05, 3.63) is 42.2 Å². The standard InChI is InChI=1S/C17H19N3O2/c21-14-8-5-12(6-9-14)20-17(22)10-7-13-11-18-15-3-1-2-4-16(15)19-13/h1-4,7,10-12,14,21H,5-6,8-9H2,(H,20,22). The molecule has 5 nitrogen and oxygen atoms in total. The summed E-state index contributed by atoms with van der Waals surface area (Å²) in [5.41, 5.74) is 2.31. The highest BCUT2D eigenvalue weighted by Crippen LogP contribution is 2.18. The van der Waals surface area contributed by atoms with Gasteiger partial charge in [-0.2, -0.15) is 0 Å². The number of hydrogen-bond acceptors (Lipinski definition) is 4. The number of carbonyl (C=O) groups excluding carboxylic acids is 1. The molecule has 22 heavy (non-hydrogen) atoms. The smallest absolute Gasteiger partial charge is 0.244 e. The second-order valence-electron chi connectivity index (χ2n) is 5.63. The van der Waals surface area contributed by atoms with Crippen molar-refractivity contribution in [3.8, 4) is 0 Å². The van der Waals surface area contributed by atoms with Gasteiger partial charge in [0, 0.05) is 12.1 Å². The highest BCUT2D eigenvalue weighted by Gasteiger charge is 2.19. The van der Waals surface area contributed by atoms with Gasteiger partial charge in [0.25, 0.3) is 0 Å². The molecule has 1 heterocycles. The number of benzene rings is 1. The molecule has 0 saturated heterocycles. The van der Waals surface area contributed by atoms with E-state index in [0.29, 0.717) is 5.69 Å². The summed E-state index contributed by atoms with van der Waals surface area (Å²) < 4.78 is 0. The zero-order chi connectivity index (χ0) is 15.4. The average Bonchev–Trinajstić information content (AvgIpc) is 2.55. The fourth-order valence-corrected chi connectivity index (χ4v) is 2.68. The highest BCUT2D eigenvalue weighted by molar-refractivity contribution is 5.91. The average molecular weight is 297 g/mol. The Morgan fingerprint density at radius 3 is 2.68 bits per heavy atom. The van der Waals surface area contributed by atoms with E-state index in [-0.39, 0.29) is 18.1 Å². The van der Waals surface area contributed by atoms with Gasteiger partial charge in [0.2, 0.25) is 5.91 Å². The van der Waals surface area contributed by atoms with Crippen LogP contribution in [0.15, 0.2) is 36.5 Å². The Morgan fingerprint density at radius 1 is 1.18 bits per heavy atom. The van der Waals surface area contributed by atoms with Crippen molar-refractivity contribution in [1.29, 1.82) is 0 Å². The minimum Gasteiger partial charge on any atom is -0.393 e. The second-order valence-corrected chi connectivity index (χ2v) is 5.63. The third kappa shape index (κ3) is 3.68. The lowest BCUT2D eigenvalue weighted by molar-refractivity contribution is -0.117. The van der Waals surface area contributed by atoms with E-state index >= 15 is 0 Å². The molecule has 1 saturated carbocycles. The van der Waals surface area contributed by atoms with E-state index in [0.717, 1.165) is 36.7 Å². The van der Waals surface area contributed by atoms with Gasteiger partial charge in [0.1, 0.15) is 0 Å². The van der Waals surface area contributed by atoms with Gasteiger partial charge in [-0.15, -0.1) is 0 Å². The molecular weight excluding hydrogens is 278 g/mol. The minimum absolute atomic E-state index is 0.128. The fraction of sp³-hybridized carbons (Fsp3) is 0.353. The SMILES string of the molecule is O=C(C=Cc1cnc2ccccc2n1)NC1CCC(O)CC1. The molecule has 0 atom stereocenters. The van der Waals surface area contributed by atoms with Gasteiger partial charge < -0.3 is 10.4 Å². The van der Waals surface area contributed by atoms with Crippen molar-refractivity contribution < 1.29 is 9.90 Å². The van der Waals surface area contributed by atoms with E-state index in [1.54, 1.807) is 12.3 Å². The number of rotatable bonds is 3. The summed E-state index contributed by atoms with van der Waals surface area (Å²) in [6, 6.07) is 7.78. The van der Waals surface area contributed by atoms with Gasteiger partial charge in [0.05, 0.1) is 29.0 Å². The van der Waals surface area contributed by atoms with Crippen LogP contribution in [0.5, 0.6) is 0 Å². The first-order valence-corrected chi connectivity index (χ1v) is 7.59. The van der Waals surface area contributed by atoms with Crippen molar-refractivity contribution in [2.45, 2.75) is 37.8 Å². The Balaban J connectivity index is 1.61. The molecule has 1 aliphatic carbocycles. The van der Waals surface area contributed by atoms with Gasteiger partial charge in [0.15, 0.2) is 0 Å². The molecule has 1 aliphatic rings. The van der Waals surface area contributed by atoms with Crippen LogP contribution in [-0.4, -0.2) is 33.1 Å². The molecule has 3 rings (SSSR count). The van der Waals surface area contributed by atoms with Gasteiger partial charge in [-0.25, -0.2) is 4.98 Å². The third-order valence-electron chi connectivity index (χ3n) is 3.92. The number of fused-ring (bicyclic) bond motifs is 1. The van der Waals surface area contributed by atoms with Crippen molar-refractivity contribution in [3.63, 3.8) is 0 Å². The molecule has 2 N–H and O–H groups in total. The molecule has 1 aromatic heterocycles. The lowest BCUT2D eigenvalue weighted by atomic mass is 9.93. The van der Waals surface area contributed by atoms with Crippen molar-refractivity contribution >= 4 is 23.0 Å². The molecule has 1 aromatic carbocycles. The van der Waals surface area contributed by atoms with Crippen LogP contribution in [0.2, 0.25) is 0 Å². The van der Waals surface area contributed by atoms with Gasteiger partial charge in [-0.05, 0) is 43.9 Å². The molecule has 0 aliphatic heterocycles. The zero-order valence-corrected chi connectivity index (χ0v) is 12.3. The molecule has 114 valence electrons. The lowest BCUT2D eigenvalue weighted by Gasteiger charge is -2.25. The van der Waals surface area contributed by atoms with Crippen molar-refractivity contribution in [1.82, 2.24) is 15.3 Å². The summed E-state index contributed by atoms with van der Waals surface area (Å²) in [7, 11) is 0. The number of amides is 1. The van der Waals surface area contributed by atoms with E-state index in [2.05, 4.69) is 15.3 Å². The number of nitrogens with one attached hydrogen (secondary N) is 1. The van der Waals surface area contributed by atoms with Gasteiger partial charge in [-0.1, -0.05) is 12.1 Å². The molecule has 1 amide bonds. The highest BCUT2D eigenvalue weighted by atomic mass is 16.3. The first-order valence-electron chi connectivity index (χ1n) is 7.59. The van der Waals surface area contributed by atoms with Crippen LogP contribution >= 0.6 is 0 Å². The number of hydrogen-bond donors (Lipinski definition) is 2. The van der Waals surface area contributed by atoms with Crippen LogP contribution in [0, 0.1) is 0 Å². The monoisotopic (exact) mass is 297 g/mol. The van der Waals surface area contributed by atoms with Crippen LogP contribution < -0.4 is 5.32 Å². The fourth-order valence-electron chi connectivity index (χ4n) is 2.68. The van der Waals surface area contributed by atoms with Crippen molar-refractivity contribution in [2.24, 2.45) is 0 Å². The second kappa shape index (κ2) is 6.66. The molecular formula is C17H19N3O2. The molecule has 0 unspecified atom stereocenters. The van der Waals surface area contributed by atoms with Gasteiger partial charge >= 0.3 is 0 Å². The lowest BCUT2D eigenvalue weighted by Crippen LogP contribution is -2.37. The van der Waals surface area contributed by atoms with E-state index in [4.69, 9.17) is 0 Å². The molecule has 0 spiro atoms. The number of carbonyl (C=O) groups is 1.